The summed E-state index contributed by atoms with van der Waals surface area (Å²) in [6.45, 7) is 9.42. The Balaban J connectivity index is 0.000000416. The molecule has 3 aliphatic heterocycles. The second-order valence-corrected chi connectivity index (χ2v) is 8.90. The second kappa shape index (κ2) is 19.4. The highest BCUT2D eigenvalue weighted by atomic mass is 16.5. The number of carbonyl (C=O) groups is 4. The summed E-state index contributed by atoms with van der Waals surface area (Å²) < 4.78 is 18.7. The molecule has 0 spiro atoms. The van der Waals surface area contributed by atoms with Gasteiger partial charge in [-0.1, -0.05) is 40.0 Å². The molecule has 3 fully saturated rings. The maximum absolute atomic E-state index is 10.6. The molecule has 0 radical (unpaired) electrons. The second-order valence-electron chi connectivity index (χ2n) is 8.90. The van der Waals surface area contributed by atoms with Crippen molar-refractivity contribution in [1.29, 1.82) is 0 Å². The number of rotatable bonds is 5. The van der Waals surface area contributed by atoms with E-state index in [1.54, 1.807) is 0 Å². The fraction of sp³-hybridized carbons (Fsp3) is 0.840. The molecule has 33 heavy (non-hydrogen) atoms. The number of esters is 4. The van der Waals surface area contributed by atoms with Gasteiger partial charge in [0, 0.05) is 25.2 Å². The molecule has 0 aromatic carbocycles. The number of hydrogen-bond donors (Lipinski definition) is 0. The first kappa shape index (κ1) is 30.9. The van der Waals surface area contributed by atoms with Crippen molar-refractivity contribution in [2.45, 2.75) is 104 Å². The Morgan fingerprint density at radius 2 is 1.55 bits per heavy atom. The minimum atomic E-state index is -0.0869. The molecule has 0 N–H and O–H groups in total. The van der Waals surface area contributed by atoms with Gasteiger partial charge in [-0.2, -0.15) is 0 Å². The molecule has 0 aromatic heterocycles. The maximum Gasteiger partial charge on any atom is 0.306 e. The molecule has 3 saturated heterocycles. The predicted octanol–water partition coefficient (Wildman–Crippen LogP) is 4.76. The lowest BCUT2D eigenvalue weighted by molar-refractivity contribution is -0.152. The number of hydrogen-bond acceptors (Lipinski definition) is 8. The van der Waals surface area contributed by atoms with E-state index in [1.807, 2.05) is 13.8 Å². The summed E-state index contributed by atoms with van der Waals surface area (Å²) in [5, 5.41) is 0. The highest BCUT2D eigenvalue weighted by molar-refractivity contribution is 5.71. The van der Waals surface area contributed by atoms with E-state index in [4.69, 9.17) is 9.47 Å². The lowest BCUT2D eigenvalue weighted by Crippen LogP contribution is -2.19. The van der Waals surface area contributed by atoms with Crippen LogP contribution in [0, 0.1) is 11.8 Å². The molecule has 192 valence electrons. The van der Waals surface area contributed by atoms with E-state index in [0.29, 0.717) is 50.7 Å². The van der Waals surface area contributed by atoms with Crippen molar-refractivity contribution >= 4 is 23.9 Å². The number of ether oxygens (including phenoxy) is 4. The van der Waals surface area contributed by atoms with Crippen LogP contribution in [0.4, 0.5) is 0 Å². The number of cyclic esters (lactones) is 3. The van der Waals surface area contributed by atoms with Crippen molar-refractivity contribution in [3.63, 3.8) is 0 Å². The fourth-order valence-electron chi connectivity index (χ4n) is 3.07. The molecule has 3 heterocycles. The van der Waals surface area contributed by atoms with Crippen LogP contribution in [-0.2, 0) is 38.1 Å². The van der Waals surface area contributed by atoms with Crippen molar-refractivity contribution in [3.05, 3.63) is 0 Å². The highest BCUT2D eigenvalue weighted by Gasteiger charge is 2.18. The summed E-state index contributed by atoms with van der Waals surface area (Å²) in [5.41, 5.74) is 0. The van der Waals surface area contributed by atoms with Gasteiger partial charge in [-0.05, 0) is 38.5 Å². The van der Waals surface area contributed by atoms with Crippen LogP contribution in [0.15, 0.2) is 0 Å². The third kappa shape index (κ3) is 19.1. The molecule has 3 aliphatic rings. The van der Waals surface area contributed by atoms with Crippen molar-refractivity contribution in [2.24, 2.45) is 11.8 Å². The van der Waals surface area contributed by atoms with Crippen LogP contribution in [0.3, 0.4) is 0 Å². The summed E-state index contributed by atoms with van der Waals surface area (Å²) in [4.78, 5) is 41.6. The zero-order valence-corrected chi connectivity index (χ0v) is 21.2. The van der Waals surface area contributed by atoms with Gasteiger partial charge in [-0.15, -0.1) is 0 Å². The van der Waals surface area contributed by atoms with Crippen molar-refractivity contribution in [1.82, 2.24) is 0 Å². The monoisotopic (exact) mass is 472 g/mol. The number of unbranched alkanes of at least 4 members (excludes halogenated alkanes) is 3. The summed E-state index contributed by atoms with van der Waals surface area (Å²) in [7, 11) is 1.43. The number of carbonyl (C=O) groups excluding carboxylic acids is 4. The summed E-state index contributed by atoms with van der Waals surface area (Å²) >= 11 is 0. The van der Waals surface area contributed by atoms with Gasteiger partial charge in [-0.25, -0.2) is 0 Å². The first-order valence-corrected chi connectivity index (χ1v) is 12.2. The van der Waals surface area contributed by atoms with E-state index >= 15 is 0 Å². The topological polar surface area (TPSA) is 105 Å². The van der Waals surface area contributed by atoms with Crippen molar-refractivity contribution < 1.29 is 38.1 Å². The van der Waals surface area contributed by atoms with Crippen LogP contribution in [0.2, 0.25) is 0 Å². The van der Waals surface area contributed by atoms with Gasteiger partial charge in [0.1, 0.15) is 0 Å². The fourth-order valence-corrected chi connectivity index (χ4v) is 3.07. The Labute approximate surface area is 199 Å². The van der Waals surface area contributed by atoms with E-state index in [0.717, 1.165) is 32.1 Å². The molecular weight excluding hydrogens is 428 g/mol. The van der Waals surface area contributed by atoms with Crippen LogP contribution in [-0.4, -0.2) is 50.3 Å². The minimum Gasteiger partial charge on any atom is -0.469 e. The first-order valence-electron chi connectivity index (χ1n) is 12.2. The van der Waals surface area contributed by atoms with Gasteiger partial charge >= 0.3 is 23.9 Å². The first-order chi connectivity index (χ1) is 15.7. The Morgan fingerprint density at radius 3 is 1.91 bits per heavy atom. The van der Waals surface area contributed by atoms with Gasteiger partial charge in [0.15, 0.2) is 0 Å². The van der Waals surface area contributed by atoms with Crippen molar-refractivity contribution in [2.75, 3.05) is 20.3 Å². The predicted molar refractivity (Wildman–Crippen MR) is 124 cm³/mol. The van der Waals surface area contributed by atoms with Crippen molar-refractivity contribution in [3.8, 4) is 0 Å². The van der Waals surface area contributed by atoms with Crippen LogP contribution < -0.4 is 0 Å². The van der Waals surface area contributed by atoms with Gasteiger partial charge in [0.2, 0.25) is 0 Å². The van der Waals surface area contributed by atoms with E-state index in [-0.39, 0.29) is 30.0 Å². The van der Waals surface area contributed by atoms with E-state index in [9.17, 15) is 19.2 Å². The zero-order chi connectivity index (χ0) is 25.1. The highest BCUT2D eigenvalue weighted by Crippen LogP contribution is 2.13. The average molecular weight is 473 g/mol. The third-order valence-corrected chi connectivity index (χ3v) is 5.20. The molecular formula is C25H44O8. The Hall–Kier alpha value is -2.12. The molecule has 0 saturated carbocycles. The molecule has 0 amide bonds. The molecule has 3 unspecified atom stereocenters. The molecule has 0 bridgehead atoms. The summed E-state index contributed by atoms with van der Waals surface area (Å²) in [5.74, 6) is 0.815. The Bertz CT molecular complexity index is 565. The normalized spacial score (nSPS) is 23.7. The third-order valence-electron chi connectivity index (χ3n) is 5.20. The standard InChI is InChI=1S/C8H16O2.2C6H10O2.C5H8O2/c1-3-4-5-6-7-8(9)10-2;1-5-2-3-6(7)8-4-5;1-5-3-2-4-6(7)8-5;1-4-2-5(6)7-3-4/h3-7H2,1-2H3;2*5H,2-4H2,1H3;4H,2-3H2,1H3. The van der Waals surface area contributed by atoms with Crippen LogP contribution in [0.5, 0.6) is 0 Å². The Kier molecular flexibility index (Phi) is 18.1. The van der Waals surface area contributed by atoms with Gasteiger partial charge in [0.25, 0.3) is 0 Å². The van der Waals surface area contributed by atoms with Gasteiger partial charge in [-0.3, -0.25) is 19.2 Å². The Morgan fingerprint density at radius 1 is 0.879 bits per heavy atom. The molecule has 3 rings (SSSR count). The molecule has 3 atom stereocenters. The lowest BCUT2D eigenvalue weighted by Gasteiger charge is -2.17. The van der Waals surface area contributed by atoms with E-state index < -0.39 is 0 Å². The van der Waals surface area contributed by atoms with Gasteiger partial charge < -0.3 is 18.9 Å². The molecule has 8 nitrogen and oxygen atoms in total. The van der Waals surface area contributed by atoms with E-state index in [2.05, 4.69) is 23.3 Å². The van der Waals surface area contributed by atoms with Crippen LogP contribution in [0.25, 0.3) is 0 Å². The maximum atomic E-state index is 10.6. The quantitative estimate of drug-likeness (QED) is 0.320. The average Bonchev–Trinajstić information content (AvgIpc) is 3.17. The van der Waals surface area contributed by atoms with Gasteiger partial charge in [0.05, 0.1) is 32.8 Å². The van der Waals surface area contributed by atoms with Crippen LogP contribution in [0.1, 0.15) is 98.3 Å². The largest absolute Gasteiger partial charge is 0.469 e. The SMILES string of the molecule is CC1CCC(=O)OC1.CC1CCCC(=O)O1.CC1COC(=O)C1.CCCCCCC(=O)OC. The smallest absolute Gasteiger partial charge is 0.306 e. The zero-order valence-electron chi connectivity index (χ0n) is 21.2. The molecule has 8 heteroatoms. The van der Waals surface area contributed by atoms with E-state index in [1.165, 1.54) is 20.0 Å². The molecule has 0 aliphatic carbocycles. The minimum absolute atomic E-state index is 0.0382. The molecule has 0 aromatic rings. The number of methoxy groups -OCH3 is 1. The summed E-state index contributed by atoms with van der Waals surface area (Å²) in [6.07, 6.45) is 10.2. The lowest BCUT2D eigenvalue weighted by atomic mass is 10.1. The van der Waals surface area contributed by atoms with Crippen LogP contribution >= 0.6 is 0 Å². The summed E-state index contributed by atoms with van der Waals surface area (Å²) in [6, 6.07) is 0.